The summed E-state index contributed by atoms with van der Waals surface area (Å²) in [6.45, 7) is 2.60. The molecule has 0 saturated heterocycles. The first-order valence-corrected chi connectivity index (χ1v) is 8.24. The van der Waals surface area contributed by atoms with Gasteiger partial charge in [-0.2, -0.15) is 5.26 Å². The van der Waals surface area contributed by atoms with E-state index in [0.717, 1.165) is 30.6 Å². The zero-order chi connectivity index (χ0) is 15.9. The lowest BCUT2D eigenvalue weighted by Gasteiger charge is -2.36. The van der Waals surface area contributed by atoms with Gasteiger partial charge < -0.3 is 4.74 Å². The SMILES string of the molecule is CCOC1=C(C#N)CC2(CC1)c1ccccc1-c1ccccc12. The molecule has 0 N–H and O–H groups in total. The van der Waals surface area contributed by atoms with E-state index in [1.165, 1.54) is 22.3 Å². The Labute approximate surface area is 137 Å². The largest absolute Gasteiger partial charge is 0.497 e. The Morgan fingerprint density at radius 2 is 1.65 bits per heavy atom. The van der Waals surface area contributed by atoms with Crippen molar-refractivity contribution >= 4 is 0 Å². The van der Waals surface area contributed by atoms with E-state index in [1.807, 2.05) is 6.92 Å². The van der Waals surface area contributed by atoms with E-state index in [2.05, 4.69) is 54.6 Å². The van der Waals surface area contributed by atoms with Crippen molar-refractivity contribution in [1.82, 2.24) is 0 Å². The summed E-state index contributed by atoms with van der Waals surface area (Å²) in [5.74, 6) is 0.891. The van der Waals surface area contributed by atoms with Gasteiger partial charge in [0, 0.05) is 11.8 Å². The summed E-state index contributed by atoms with van der Waals surface area (Å²) in [6.07, 6.45) is 2.58. The summed E-state index contributed by atoms with van der Waals surface area (Å²) in [5.41, 5.74) is 6.11. The van der Waals surface area contributed by atoms with Crippen LogP contribution in [0.3, 0.4) is 0 Å². The molecule has 4 rings (SSSR count). The van der Waals surface area contributed by atoms with E-state index >= 15 is 0 Å². The van der Waals surface area contributed by atoms with Crippen molar-refractivity contribution in [2.75, 3.05) is 6.61 Å². The maximum atomic E-state index is 9.64. The molecule has 0 heterocycles. The van der Waals surface area contributed by atoms with Gasteiger partial charge in [0.1, 0.15) is 5.76 Å². The fourth-order valence-corrected chi connectivity index (χ4v) is 4.28. The van der Waals surface area contributed by atoms with E-state index in [-0.39, 0.29) is 5.41 Å². The minimum atomic E-state index is -0.0706. The molecule has 0 radical (unpaired) electrons. The number of benzene rings is 2. The van der Waals surface area contributed by atoms with E-state index in [9.17, 15) is 5.26 Å². The average molecular weight is 301 g/mol. The molecule has 0 amide bonds. The minimum Gasteiger partial charge on any atom is -0.497 e. The number of hydrogen-bond acceptors (Lipinski definition) is 2. The highest BCUT2D eigenvalue weighted by Crippen LogP contribution is 2.56. The normalized spacial score (nSPS) is 17.6. The molecule has 2 heteroatoms. The van der Waals surface area contributed by atoms with Gasteiger partial charge in [0.2, 0.25) is 0 Å². The van der Waals surface area contributed by atoms with Crippen molar-refractivity contribution in [2.45, 2.75) is 31.6 Å². The Kier molecular flexibility index (Phi) is 3.23. The van der Waals surface area contributed by atoms with Crippen molar-refractivity contribution in [3.63, 3.8) is 0 Å². The highest BCUT2D eigenvalue weighted by atomic mass is 16.5. The van der Waals surface area contributed by atoms with Gasteiger partial charge in [-0.25, -0.2) is 0 Å². The zero-order valence-electron chi connectivity index (χ0n) is 13.3. The number of fused-ring (bicyclic) bond motifs is 5. The van der Waals surface area contributed by atoms with Crippen LogP contribution in [0.1, 0.15) is 37.3 Å². The number of rotatable bonds is 2. The lowest BCUT2D eigenvalue weighted by Crippen LogP contribution is -2.30. The molecule has 2 nitrogen and oxygen atoms in total. The summed E-state index contributed by atoms with van der Waals surface area (Å²) in [5, 5.41) is 9.64. The quantitative estimate of drug-likeness (QED) is 0.786. The van der Waals surface area contributed by atoms with Crippen LogP contribution in [0.2, 0.25) is 0 Å². The van der Waals surface area contributed by atoms with Crippen molar-refractivity contribution in [2.24, 2.45) is 0 Å². The molecule has 0 unspecified atom stereocenters. The Morgan fingerprint density at radius 3 is 2.22 bits per heavy atom. The summed E-state index contributed by atoms with van der Waals surface area (Å²) >= 11 is 0. The maximum Gasteiger partial charge on any atom is 0.110 e. The third kappa shape index (κ3) is 1.93. The second kappa shape index (κ2) is 5.28. The molecule has 0 fully saturated rings. The first-order valence-electron chi connectivity index (χ1n) is 8.24. The monoisotopic (exact) mass is 301 g/mol. The van der Waals surface area contributed by atoms with Crippen LogP contribution in [0.15, 0.2) is 59.9 Å². The highest BCUT2D eigenvalue weighted by Gasteiger charge is 2.45. The maximum absolute atomic E-state index is 9.64. The van der Waals surface area contributed by atoms with Crippen LogP contribution < -0.4 is 0 Å². The van der Waals surface area contributed by atoms with Crippen LogP contribution in [-0.2, 0) is 10.2 Å². The predicted molar refractivity (Wildman–Crippen MR) is 90.8 cm³/mol. The van der Waals surface area contributed by atoms with Crippen molar-refractivity contribution in [3.05, 3.63) is 71.0 Å². The lowest BCUT2D eigenvalue weighted by atomic mass is 9.67. The zero-order valence-corrected chi connectivity index (χ0v) is 13.3. The smallest absolute Gasteiger partial charge is 0.110 e. The Hall–Kier alpha value is -2.53. The van der Waals surface area contributed by atoms with Gasteiger partial charge >= 0.3 is 0 Å². The van der Waals surface area contributed by atoms with Gasteiger partial charge in [-0.1, -0.05) is 48.5 Å². The first-order chi connectivity index (χ1) is 11.3. The predicted octanol–water partition coefficient (Wildman–Crippen LogP) is 4.95. The Bertz CT molecular complexity index is 795. The molecule has 2 aliphatic carbocycles. The third-order valence-corrected chi connectivity index (χ3v) is 5.22. The topological polar surface area (TPSA) is 33.0 Å². The number of hydrogen-bond donors (Lipinski definition) is 0. The summed E-state index contributed by atoms with van der Waals surface area (Å²) < 4.78 is 5.72. The van der Waals surface area contributed by atoms with Crippen molar-refractivity contribution in [3.8, 4) is 17.2 Å². The molecule has 1 spiro atoms. The molecule has 0 aromatic heterocycles. The van der Waals surface area contributed by atoms with E-state index < -0.39 is 0 Å². The standard InChI is InChI=1S/C21H19NO/c1-2-23-20-11-12-21(13-15(20)14-22)18-9-5-3-7-16(18)17-8-4-6-10-19(17)21/h3-10H,2,11-13H2,1H3. The average Bonchev–Trinajstić information content (AvgIpc) is 2.88. The van der Waals surface area contributed by atoms with Crippen LogP contribution >= 0.6 is 0 Å². The molecule has 23 heavy (non-hydrogen) atoms. The van der Waals surface area contributed by atoms with Gasteiger partial charge in [0.15, 0.2) is 0 Å². The molecule has 0 aliphatic heterocycles. The summed E-state index contributed by atoms with van der Waals surface area (Å²) in [4.78, 5) is 0. The molecule has 114 valence electrons. The molecular formula is C21H19NO. The van der Waals surface area contributed by atoms with Crippen molar-refractivity contribution in [1.29, 1.82) is 5.26 Å². The Balaban J connectivity index is 1.91. The molecule has 0 saturated carbocycles. The molecule has 2 aromatic carbocycles. The van der Waals surface area contributed by atoms with Gasteiger partial charge in [-0.05, 0) is 42.0 Å². The number of nitrogens with zero attached hydrogens (tertiary/aromatic N) is 1. The first kappa shape index (κ1) is 14.1. The molecule has 0 bridgehead atoms. The summed E-state index contributed by atoms with van der Waals surface area (Å²) in [7, 11) is 0. The van der Waals surface area contributed by atoms with Gasteiger partial charge in [-0.3, -0.25) is 0 Å². The van der Waals surface area contributed by atoms with Gasteiger partial charge in [-0.15, -0.1) is 0 Å². The number of allylic oxidation sites excluding steroid dienone is 2. The van der Waals surface area contributed by atoms with Crippen LogP contribution in [0.5, 0.6) is 0 Å². The van der Waals surface area contributed by atoms with Crippen LogP contribution in [0.25, 0.3) is 11.1 Å². The van der Waals surface area contributed by atoms with Crippen LogP contribution in [0, 0.1) is 11.3 Å². The fraction of sp³-hybridized carbons (Fsp3) is 0.286. The highest BCUT2D eigenvalue weighted by molar-refractivity contribution is 5.81. The molecular weight excluding hydrogens is 282 g/mol. The Morgan fingerprint density at radius 1 is 1.04 bits per heavy atom. The molecule has 2 aromatic rings. The van der Waals surface area contributed by atoms with Crippen LogP contribution in [0.4, 0.5) is 0 Å². The number of ether oxygens (including phenoxy) is 1. The molecule has 2 aliphatic rings. The van der Waals surface area contributed by atoms with Crippen LogP contribution in [-0.4, -0.2) is 6.61 Å². The van der Waals surface area contributed by atoms with Gasteiger partial charge in [0.05, 0.1) is 18.2 Å². The van der Waals surface area contributed by atoms with Gasteiger partial charge in [0.25, 0.3) is 0 Å². The number of nitriles is 1. The van der Waals surface area contributed by atoms with E-state index in [1.54, 1.807) is 0 Å². The lowest BCUT2D eigenvalue weighted by molar-refractivity contribution is 0.198. The molecule has 0 atom stereocenters. The summed E-state index contributed by atoms with van der Waals surface area (Å²) in [6, 6.07) is 19.7. The second-order valence-electron chi connectivity index (χ2n) is 6.30. The van der Waals surface area contributed by atoms with Crippen molar-refractivity contribution < 1.29 is 4.74 Å². The minimum absolute atomic E-state index is 0.0706. The van der Waals surface area contributed by atoms with E-state index in [4.69, 9.17) is 4.74 Å². The third-order valence-electron chi connectivity index (χ3n) is 5.22. The fourth-order valence-electron chi connectivity index (χ4n) is 4.28. The second-order valence-corrected chi connectivity index (χ2v) is 6.30. The van der Waals surface area contributed by atoms with E-state index in [0.29, 0.717) is 6.61 Å².